The number of aryl methyl sites for hydroxylation is 5. The zero-order valence-corrected chi connectivity index (χ0v) is 18.6. The SMILES string of the molecule is Cc1cc(C)c(-c2cccc3c(CCCNCc4cccs4)n(C)nc23)c(C)c1. The first-order valence-electron chi connectivity index (χ1n) is 10.3. The van der Waals surface area contributed by atoms with Gasteiger partial charge in [0.15, 0.2) is 0 Å². The largest absolute Gasteiger partial charge is 0.312 e. The number of nitrogens with zero attached hydrogens (tertiary/aromatic N) is 2. The molecule has 0 amide bonds. The molecule has 0 fully saturated rings. The maximum atomic E-state index is 4.93. The number of rotatable bonds is 7. The summed E-state index contributed by atoms with van der Waals surface area (Å²) in [6, 6.07) is 15.4. The Labute approximate surface area is 177 Å². The molecule has 0 aliphatic heterocycles. The van der Waals surface area contributed by atoms with Gasteiger partial charge < -0.3 is 5.32 Å². The van der Waals surface area contributed by atoms with Crippen LogP contribution in [0.15, 0.2) is 47.8 Å². The average molecular weight is 404 g/mol. The minimum absolute atomic E-state index is 0.958. The second-order valence-electron chi connectivity index (χ2n) is 7.91. The summed E-state index contributed by atoms with van der Waals surface area (Å²) >= 11 is 1.81. The maximum Gasteiger partial charge on any atom is 0.100 e. The fraction of sp³-hybridized carbons (Fsp3) is 0.320. The average Bonchev–Trinajstić information content (AvgIpc) is 3.29. The molecular formula is C25H29N3S. The number of hydrogen-bond acceptors (Lipinski definition) is 3. The van der Waals surface area contributed by atoms with Gasteiger partial charge in [-0.25, -0.2) is 0 Å². The van der Waals surface area contributed by atoms with Crippen LogP contribution >= 0.6 is 11.3 Å². The Morgan fingerprint density at radius 1 is 1.03 bits per heavy atom. The van der Waals surface area contributed by atoms with Crippen LogP contribution < -0.4 is 5.32 Å². The van der Waals surface area contributed by atoms with E-state index in [0.717, 1.165) is 31.4 Å². The lowest BCUT2D eigenvalue weighted by Crippen LogP contribution is -2.15. The van der Waals surface area contributed by atoms with E-state index in [9.17, 15) is 0 Å². The third-order valence-electron chi connectivity index (χ3n) is 5.58. The van der Waals surface area contributed by atoms with E-state index in [2.05, 4.69) is 85.7 Å². The second kappa shape index (κ2) is 8.52. The summed E-state index contributed by atoms with van der Waals surface area (Å²) in [5, 5.41) is 11.9. The van der Waals surface area contributed by atoms with Gasteiger partial charge in [-0.05, 0) is 68.3 Å². The summed E-state index contributed by atoms with van der Waals surface area (Å²) in [6.45, 7) is 8.55. The Kier molecular flexibility index (Phi) is 5.84. The molecule has 3 nitrogen and oxygen atoms in total. The van der Waals surface area contributed by atoms with Crippen molar-refractivity contribution in [3.63, 3.8) is 0 Å². The molecule has 0 aliphatic carbocycles. The summed E-state index contributed by atoms with van der Waals surface area (Å²) in [6.07, 6.45) is 2.13. The zero-order chi connectivity index (χ0) is 20.4. The van der Waals surface area contributed by atoms with Crippen LogP contribution in [-0.4, -0.2) is 16.3 Å². The summed E-state index contributed by atoms with van der Waals surface area (Å²) in [7, 11) is 2.08. The highest BCUT2D eigenvalue weighted by Gasteiger charge is 2.15. The fourth-order valence-electron chi connectivity index (χ4n) is 4.38. The highest BCUT2D eigenvalue weighted by Crippen LogP contribution is 2.34. The smallest absolute Gasteiger partial charge is 0.100 e. The van der Waals surface area contributed by atoms with Crippen LogP contribution in [0.3, 0.4) is 0 Å². The van der Waals surface area contributed by atoms with Crippen molar-refractivity contribution in [1.82, 2.24) is 15.1 Å². The fourth-order valence-corrected chi connectivity index (χ4v) is 5.05. The number of benzene rings is 2. The first kappa shape index (κ1) is 19.9. The summed E-state index contributed by atoms with van der Waals surface area (Å²) in [5.41, 5.74) is 8.96. The van der Waals surface area contributed by atoms with E-state index in [4.69, 9.17) is 5.10 Å². The third-order valence-corrected chi connectivity index (χ3v) is 6.46. The van der Waals surface area contributed by atoms with Gasteiger partial charge in [0.05, 0.1) is 0 Å². The number of hydrogen-bond donors (Lipinski definition) is 1. The molecule has 150 valence electrons. The van der Waals surface area contributed by atoms with Gasteiger partial charge in [-0.1, -0.05) is 42.0 Å². The second-order valence-corrected chi connectivity index (χ2v) is 8.94. The van der Waals surface area contributed by atoms with E-state index < -0.39 is 0 Å². The lowest BCUT2D eigenvalue weighted by Gasteiger charge is -2.12. The molecule has 2 aromatic heterocycles. The molecule has 0 bridgehead atoms. The number of thiophene rings is 1. The monoisotopic (exact) mass is 403 g/mol. The number of fused-ring (bicyclic) bond motifs is 1. The van der Waals surface area contributed by atoms with E-state index in [1.807, 2.05) is 11.3 Å². The third kappa shape index (κ3) is 4.14. The van der Waals surface area contributed by atoms with E-state index in [-0.39, 0.29) is 0 Å². The molecular weight excluding hydrogens is 374 g/mol. The van der Waals surface area contributed by atoms with Gasteiger partial charge in [-0.15, -0.1) is 11.3 Å². The summed E-state index contributed by atoms with van der Waals surface area (Å²) < 4.78 is 2.08. The van der Waals surface area contributed by atoms with Crippen molar-refractivity contribution in [3.05, 3.63) is 75.1 Å². The van der Waals surface area contributed by atoms with Crippen LogP contribution in [0.4, 0.5) is 0 Å². The zero-order valence-electron chi connectivity index (χ0n) is 17.7. The standard InChI is InChI=1S/C25H29N3S/c1-17-14-18(2)24(19(3)15-17)22-10-5-9-21-23(28(4)27-25(21)22)11-6-12-26-16-20-8-7-13-29-20/h5,7-10,13-15,26H,6,11-12,16H2,1-4H3. The lowest BCUT2D eigenvalue weighted by molar-refractivity contribution is 0.628. The number of nitrogens with one attached hydrogen (secondary N) is 1. The Hall–Kier alpha value is -2.43. The molecule has 29 heavy (non-hydrogen) atoms. The van der Waals surface area contributed by atoms with Gasteiger partial charge in [-0.2, -0.15) is 5.10 Å². The van der Waals surface area contributed by atoms with Crippen molar-refractivity contribution in [2.75, 3.05) is 6.54 Å². The van der Waals surface area contributed by atoms with Crippen LogP contribution in [0.2, 0.25) is 0 Å². The Morgan fingerprint density at radius 3 is 2.55 bits per heavy atom. The number of aromatic nitrogens is 2. The highest BCUT2D eigenvalue weighted by atomic mass is 32.1. The van der Waals surface area contributed by atoms with Crippen molar-refractivity contribution < 1.29 is 0 Å². The maximum absolute atomic E-state index is 4.93. The Morgan fingerprint density at radius 2 is 1.83 bits per heavy atom. The molecule has 1 N–H and O–H groups in total. The van der Waals surface area contributed by atoms with Gasteiger partial charge >= 0.3 is 0 Å². The molecule has 2 aromatic carbocycles. The highest BCUT2D eigenvalue weighted by molar-refractivity contribution is 7.09. The van der Waals surface area contributed by atoms with E-state index in [1.54, 1.807) is 0 Å². The van der Waals surface area contributed by atoms with E-state index >= 15 is 0 Å². The van der Waals surface area contributed by atoms with Gasteiger partial charge in [0.1, 0.15) is 5.52 Å². The van der Waals surface area contributed by atoms with Crippen LogP contribution in [-0.2, 0) is 20.0 Å². The lowest BCUT2D eigenvalue weighted by atomic mass is 9.92. The van der Waals surface area contributed by atoms with Crippen LogP contribution in [0.5, 0.6) is 0 Å². The van der Waals surface area contributed by atoms with E-state index in [1.165, 1.54) is 43.8 Å². The first-order valence-corrected chi connectivity index (χ1v) is 11.2. The Balaban J connectivity index is 1.56. The van der Waals surface area contributed by atoms with Crippen molar-refractivity contribution in [1.29, 1.82) is 0 Å². The quantitative estimate of drug-likeness (QED) is 0.386. The molecule has 0 spiro atoms. The van der Waals surface area contributed by atoms with Crippen molar-refractivity contribution in [2.24, 2.45) is 7.05 Å². The molecule has 4 aromatic rings. The van der Waals surface area contributed by atoms with Crippen molar-refractivity contribution in [3.8, 4) is 11.1 Å². The van der Waals surface area contributed by atoms with Gasteiger partial charge in [0, 0.05) is 35.1 Å². The molecule has 4 heteroatoms. The molecule has 0 unspecified atom stereocenters. The summed E-state index contributed by atoms with van der Waals surface area (Å²) in [5.74, 6) is 0. The molecule has 0 aliphatic rings. The normalized spacial score (nSPS) is 11.4. The van der Waals surface area contributed by atoms with Gasteiger partial charge in [0.2, 0.25) is 0 Å². The first-order chi connectivity index (χ1) is 14.0. The van der Waals surface area contributed by atoms with E-state index in [0.29, 0.717) is 0 Å². The molecule has 0 atom stereocenters. The van der Waals surface area contributed by atoms with Crippen molar-refractivity contribution >= 4 is 22.2 Å². The van der Waals surface area contributed by atoms with Gasteiger partial charge in [-0.3, -0.25) is 4.68 Å². The topological polar surface area (TPSA) is 29.9 Å². The van der Waals surface area contributed by atoms with Crippen molar-refractivity contribution in [2.45, 2.75) is 40.2 Å². The molecule has 0 saturated heterocycles. The predicted octanol–water partition coefficient (Wildman–Crippen LogP) is 5.95. The van der Waals surface area contributed by atoms with Crippen LogP contribution in [0.1, 0.15) is 33.7 Å². The molecule has 4 rings (SSSR count). The van der Waals surface area contributed by atoms with Gasteiger partial charge in [0.25, 0.3) is 0 Å². The summed E-state index contributed by atoms with van der Waals surface area (Å²) in [4.78, 5) is 1.39. The Bertz CT molecular complexity index is 1100. The minimum Gasteiger partial charge on any atom is -0.312 e. The molecule has 2 heterocycles. The van der Waals surface area contributed by atoms with Crippen LogP contribution in [0, 0.1) is 20.8 Å². The molecule has 0 radical (unpaired) electrons. The predicted molar refractivity (Wildman–Crippen MR) is 125 cm³/mol. The van der Waals surface area contributed by atoms with Crippen LogP contribution in [0.25, 0.3) is 22.0 Å². The minimum atomic E-state index is 0.958. The molecule has 0 saturated carbocycles.